The van der Waals surface area contributed by atoms with Gasteiger partial charge in [0.15, 0.2) is 0 Å². The SMILES string of the molecule is CCC1CCN(c2ccc(C)cc2)C1. The first-order valence-corrected chi connectivity index (χ1v) is 5.61. The quantitative estimate of drug-likeness (QED) is 0.690. The fourth-order valence-corrected chi connectivity index (χ4v) is 2.16. The lowest BCUT2D eigenvalue weighted by Crippen LogP contribution is -2.19. The molecule has 0 saturated carbocycles. The molecule has 1 aliphatic rings. The van der Waals surface area contributed by atoms with Crippen molar-refractivity contribution in [1.29, 1.82) is 0 Å². The lowest BCUT2D eigenvalue weighted by molar-refractivity contribution is 0.569. The molecule has 1 aliphatic heterocycles. The third-order valence-corrected chi connectivity index (χ3v) is 3.26. The van der Waals surface area contributed by atoms with Gasteiger partial charge in [0.05, 0.1) is 0 Å². The second-order valence-corrected chi connectivity index (χ2v) is 4.34. The summed E-state index contributed by atoms with van der Waals surface area (Å²) in [7, 11) is 0. The minimum absolute atomic E-state index is 0.913. The molecule has 0 aliphatic carbocycles. The maximum absolute atomic E-state index is 2.51. The highest BCUT2D eigenvalue weighted by molar-refractivity contribution is 5.48. The Morgan fingerprint density at radius 2 is 2.00 bits per heavy atom. The van der Waals surface area contributed by atoms with Crippen LogP contribution in [0, 0.1) is 12.8 Å². The van der Waals surface area contributed by atoms with Gasteiger partial charge in [-0.2, -0.15) is 0 Å². The topological polar surface area (TPSA) is 3.24 Å². The molecule has 1 atom stereocenters. The van der Waals surface area contributed by atoms with Gasteiger partial charge in [-0.25, -0.2) is 0 Å². The number of aryl methyl sites for hydroxylation is 1. The predicted octanol–water partition coefficient (Wildman–Crippen LogP) is 3.23. The molecule has 0 aromatic heterocycles. The summed E-state index contributed by atoms with van der Waals surface area (Å²) < 4.78 is 0. The Labute approximate surface area is 86.7 Å². The van der Waals surface area contributed by atoms with Crippen LogP contribution in [0.15, 0.2) is 24.3 Å². The number of hydrogen-bond acceptors (Lipinski definition) is 1. The first-order chi connectivity index (χ1) is 6.79. The molecule has 0 bridgehead atoms. The maximum atomic E-state index is 2.51. The van der Waals surface area contributed by atoms with Gasteiger partial charge in [0.1, 0.15) is 0 Å². The molecule has 1 nitrogen and oxygen atoms in total. The molecule has 1 aromatic rings. The van der Waals surface area contributed by atoms with Crippen LogP contribution >= 0.6 is 0 Å². The molecule has 0 amide bonds. The van der Waals surface area contributed by atoms with Crippen LogP contribution in [-0.4, -0.2) is 13.1 Å². The molecule has 0 N–H and O–H groups in total. The molecule has 1 saturated heterocycles. The summed E-state index contributed by atoms with van der Waals surface area (Å²) in [6.45, 7) is 6.92. The van der Waals surface area contributed by atoms with Crippen molar-refractivity contribution in [3.05, 3.63) is 29.8 Å². The average Bonchev–Trinajstić information content (AvgIpc) is 2.67. The molecule has 0 spiro atoms. The van der Waals surface area contributed by atoms with E-state index in [0.717, 1.165) is 5.92 Å². The van der Waals surface area contributed by atoms with Crippen molar-refractivity contribution in [3.8, 4) is 0 Å². The highest BCUT2D eigenvalue weighted by Crippen LogP contribution is 2.25. The van der Waals surface area contributed by atoms with Gasteiger partial charge in [-0.3, -0.25) is 0 Å². The van der Waals surface area contributed by atoms with Crippen LogP contribution < -0.4 is 4.90 Å². The third-order valence-electron chi connectivity index (χ3n) is 3.26. The summed E-state index contributed by atoms with van der Waals surface area (Å²) >= 11 is 0. The van der Waals surface area contributed by atoms with E-state index in [2.05, 4.69) is 43.0 Å². The smallest absolute Gasteiger partial charge is 0.0366 e. The Balaban J connectivity index is 2.06. The lowest BCUT2D eigenvalue weighted by atomic mass is 10.1. The van der Waals surface area contributed by atoms with Crippen LogP contribution in [0.3, 0.4) is 0 Å². The second-order valence-electron chi connectivity index (χ2n) is 4.34. The standard InChI is InChI=1S/C13H19N/c1-3-12-8-9-14(10-12)13-6-4-11(2)5-7-13/h4-7,12H,3,8-10H2,1-2H3. The number of hydrogen-bond donors (Lipinski definition) is 0. The number of anilines is 1. The second kappa shape index (κ2) is 4.04. The summed E-state index contributed by atoms with van der Waals surface area (Å²) in [4.78, 5) is 2.51. The van der Waals surface area contributed by atoms with Gasteiger partial charge in [-0.05, 0) is 31.4 Å². The van der Waals surface area contributed by atoms with E-state index in [9.17, 15) is 0 Å². The Morgan fingerprint density at radius 3 is 2.57 bits per heavy atom. The fourth-order valence-electron chi connectivity index (χ4n) is 2.16. The minimum atomic E-state index is 0.913. The first kappa shape index (κ1) is 9.57. The molecule has 1 unspecified atom stereocenters. The normalized spacial score (nSPS) is 21.6. The van der Waals surface area contributed by atoms with E-state index in [1.54, 1.807) is 0 Å². The zero-order valence-electron chi connectivity index (χ0n) is 9.16. The lowest BCUT2D eigenvalue weighted by Gasteiger charge is -2.18. The molecular weight excluding hydrogens is 170 g/mol. The van der Waals surface area contributed by atoms with Crippen molar-refractivity contribution in [2.45, 2.75) is 26.7 Å². The van der Waals surface area contributed by atoms with Crippen molar-refractivity contribution in [3.63, 3.8) is 0 Å². The van der Waals surface area contributed by atoms with Crippen LogP contribution in [0.5, 0.6) is 0 Å². The van der Waals surface area contributed by atoms with Crippen LogP contribution in [0.25, 0.3) is 0 Å². The van der Waals surface area contributed by atoms with Gasteiger partial charge in [-0.15, -0.1) is 0 Å². The van der Waals surface area contributed by atoms with Crippen molar-refractivity contribution < 1.29 is 0 Å². The fraction of sp³-hybridized carbons (Fsp3) is 0.538. The zero-order valence-corrected chi connectivity index (χ0v) is 9.16. The molecule has 1 aromatic carbocycles. The van der Waals surface area contributed by atoms with E-state index < -0.39 is 0 Å². The number of benzene rings is 1. The van der Waals surface area contributed by atoms with E-state index in [1.807, 2.05) is 0 Å². The van der Waals surface area contributed by atoms with E-state index >= 15 is 0 Å². The summed E-state index contributed by atoms with van der Waals surface area (Å²) in [5.74, 6) is 0.913. The summed E-state index contributed by atoms with van der Waals surface area (Å²) in [5.41, 5.74) is 2.74. The van der Waals surface area contributed by atoms with Gasteiger partial charge in [0.25, 0.3) is 0 Å². The van der Waals surface area contributed by atoms with Crippen molar-refractivity contribution in [2.24, 2.45) is 5.92 Å². The zero-order chi connectivity index (χ0) is 9.97. The monoisotopic (exact) mass is 189 g/mol. The van der Waals surface area contributed by atoms with Gasteiger partial charge in [0, 0.05) is 18.8 Å². The molecule has 1 fully saturated rings. The van der Waals surface area contributed by atoms with E-state index in [-0.39, 0.29) is 0 Å². The number of nitrogens with zero attached hydrogens (tertiary/aromatic N) is 1. The van der Waals surface area contributed by atoms with Crippen LogP contribution in [0.2, 0.25) is 0 Å². The van der Waals surface area contributed by atoms with E-state index in [1.165, 1.54) is 37.2 Å². The molecule has 14 heavy (non-hydrogen) atoms. The van der Waals surface area contributed by atoms with Crippen molar-refractivity contribution >= 4 is 5.69 Å². The molecule has 76 valence electrons. The highest BCUT2D eigenvalue weighted by atomic mass is 15.1. The predicted molar refractivity (Wildman–Crippen MR) is 61.8 cm³/mol. The van der Waals surface area contributed by atoms with Gasteiger partial charge in [-0.1, -0.05) is 31.0 Å². The average molecular weight is 189 g/mol. The number of rotatable bonds is 2. The largest absolute Gasteiger partial charge is 0.371 e. The van der Waals surface area contributed by atoms with Gasteiger partial charge in [0.2, 0.25) is 0 Å². The van der Waals surface area contributed by atoms with Crippen LogP contribution in [0.4, 0.5) is 5.69 Å². The van der Waals surface area contributed by atoms with Crippen molar-refractivity contribution in [2.75, 3.05) is 18.0 Å². The Kier molecular flexibility index (Phi) is 2.76. The Hall–Kier alpha value is -0.980. The third kappa shape index (κ3) is 1.92. The molecule has 1 heteroatoms. The summed E-state index contributed by atoms with van der Waals surface area (Å²) in [6.07, 6.45) is 2.69. The van der Waals surface area contributed by atoms with Crippen LogP contribution in [0.1, 0.15) is 25.3 Å². The maximum Gasteiger partial charge on any atom is 0.0366 e. The Morgan fingerprint density at radius 1 is 1.29 bits per heavy atom. The van der Waals surface area contributed by atoms with E-state index in [4.69, 9.17) is 0 Å². The van der Waals surface area contributed by atoms with Gasteiger partial charge < -0.3 is 4.90 Å². The molecular formula is C13H19N. The van der Waals surface area contributed by atoms with Gasteiger partial charge >= 0.3 is 0 Å². The van der Waals surface area contributed by atoms with Crippen molar-refractivity contribution in [1.82, 2.24) is 0 Å². The molecule has 0 radical (unpaired) electrons. The summed E-state index contributed by atoms with van der Waals surface area (Å²) in [6, 6.07) is 8.89. The highest BCUT2D eigenvalue weighted by Gasteiger charge is 2.20. The molecule has 2 rings (SSSR count). The Bertz CT molecular complexity index is 289. The van der Waals surface area contributed by atoms with Crippen LogP contribution in [-0.2, 0) is 0 Å². The minimum Gasteiger partial charge on any atom is -0.371 e. The molecule has 1 heterocycles. The first-order valence-electron chi connectivity index (χ1n) is 5.61. The van der Waals surface area contributed by atoms with E-state index in [0.29, 0.717) is 0 Å². The summed E-state index contributed by atoms with van der Waals surface area (Å²) in [5, 5.41) is 0.